The zero-order valence-electron chi connectivity index (χ0n) is 14.8. The minimum atomic E-state index is 0.379. The molecule has 0 aromatic carbocycles. The Bertz CT molecular complexity index is 310. The van der Waals surface area contributed by atoms with E-state index in [0.29, 0.717) is 29.5 Å². The molecule has 3 nitrogen and oxygen atoms in total. The van der Waals surface area contributed by atoms with Gasteiger partial charge in [-0.25, -0.2) is 0 Å². The number of nitrogens with one attached hydrogen (secondary N) is 1. The molecule has 0 aromatic rings. The molecule has 0 radical (unpaired) electrons. The lowest BCUT2D eigenvalue weighted by Gasteiger charge is -2.54. The van der Waals surface area contributed by atoms with E-state index in [-0.39, 0.29) is 0 Å². The van der Waals surface area contributed by atoms with Crippen molar-refractivity contribution in [1.82, 2.24) is 10.2 Å². The number of hydrogen-bond acceptors (Lipinski definition) is 3. The van der Waals surface area contributed by atoms with Crippen LogP contribution in [0.3, 0.4) is 0 Å². The Kier molecular flexibility index (Phi) is 6.10. The Balaban J connectivity index is 2.17. The summed E-state index contributed by atoms with van der Waals surface area (Å²) >= 11 is 0. The van der Waals surface area contributed by atoms with Gasteiger partial charge in [0.2, 0.25) is 0 Å². The maximum absolute atomic E-state index is 5.56. The van der Waals surface area contributed by atoms with Crippen LogP contribution >= 0.6 is 0 Å². The normalized spacial score (nSPS) is 28.4. The van der Waals surface area contributed by atoms with E-state index in [2.05, 4.69) is 37.9 Å². The third-order valence-corrected chi connectivity index (χ3v) is 5.71. The first-order chi connectivity index (χ1) is 9.99. The molecular formula is C18H36N2O. The SMILES string of the molecule is COCC(C(C)C)N1CC2(CCCCC2)NCC1C(C)C. The van der Waals surface area contributed by atoms with Gasteiger partial charge < -0.3 is 10.1 Å². The van der Waals surface area contributed by atoms with E-state index < -0.39 is 0 Å². The van der Waals surface area contributed by atoms with Crippen molar-refractivity contribution in [3.8, 4) is 0 Å². The Morgan fingerprint density at radius 2 is 1.81 bits per heavy atom. The number of rotatable bonds is 5. The molecule has 1 aliphatic carbocycles. The summed E-state index contributed by atoms with van der Waals surface area (Å²) in [5.74, 6) is 1.33. The van der Waals surface area contributed by atoms with E-state index >= 15 is 0 Å². The summed E-state index contributed by atoms with van der Waals surface area (Å²) in [6, 6.07) is 1.18. The lowest BCUT2D eigenvalue weighted by molar-refractivity contribution is -0.0325. The molecule has 1 N–H and O–H groups in total. The fourth-order valence-corrected chi connectivity index (χ4v) is 4.35. The highest BCUT2D eigenvalue weighted by molar-refractivity contribution is 5.02. The van der Waals surface area contributed by atoms with Gasteiger partial charge in [0, 0.05) is 37.8 Å². The van der Waals surface area contributed by atoms with Gasteiger partial charge in [0.15, 0.2) is 0 Å². The van der Waals surface area contributed by atoms with Gasteiger partial charge in [-0.15, -0.1) is 0 Å². The average Bonchev–Trinajstić information content (AvgIpc) is 2.45. The first-order valence-corrected chi connectivity index (χ1v) is 8.99. The number of piperazine rings is 1. The van der Waals surface area contributed by atoms with Crippen LogP contribution in [-0.4, -0.2) is 49.3 Å². The molecule has 2 rings (SSSR count). The van der Waals surface area contributed by atoms with Crippen molar-refractivity contribution in [2.24, 2.45) is 11.8 Å². The summed E-state index contributed by atoms with van der Waals surface area (Å²) in [4.78, 5) is 2.79. The van der Waals surface area contributed by atoms with Gasteiger partial charge in [-0.2, -0.15) is 0 Å². The molecule has 124 valence electrons. The maximum atomic E-state index is 5.56. The Morgan fingerprint density at radius 3 is 2.33 bits per heavy atom. The van der Waals surface area contributed by atoms with Crippen LogP contribution in [0, 0.1) is 11.8 Å². The topological polar surface area (TPSA) is 24.5 Å². The highest BCUT2D eigenvalue weighted by Crippen LogP contribution is 2.34. The number of ether oxygens (including phenoxy) is 1. The minimum Gasteiger partial charge on any atom is -0.383 e. The minimum absolute atomic E-state index is 0.379. The maximum Gasteiger partial charge on any atom is 0.0620 e. The summed E-state index contributed by atoms with van der Waals surface area (Å²) in [5.41, 5.74) is 0.379. The molecule has 0 bridgehead atoms. The second kappa shape index (κ2) is 7.43. The highest BCUT2D eigenvalue weighted by Gasteiger charge is 2.43. The average molecular weight is 296 g/mol. The molecule has 3 heteroatoms. The molecule has 1 saturated heterocycles. The van der Waals surface area contributed by atoms with Crippen LogP contribution in [0.15, 0.2) is 0 Å². The summed E-state index contributed by atoms with van der Waals surface area (Å²) < 4.78 is 5.56. The molecule has 1 aliphatic heterocycles. The van der Waals surface area contributed by atoms with Gasteiger partial charge in [0.05, 0.1) is 6.61 Å². The number of hydrogen-bond donors (Lipinski definition) is 1. The summed E-state index contributed by atoms with van der Waals surface area (Å²) in [6.45, 7) is 12.6. The third kappa shape index (κ3) is 4.00. The third-order valence-electron chi connectivity index (χ3n) is 5.71. The van der Waals surface area contributed by atoms with Crippen molar-refractivity contribution in [3.63, 3.8) is 0 Å². The van der Waals surface area contributed by atoms with Gasteiger partial charge in [-0.1, -0.05) is 47.0 Å². The molecule has 1 saturated carbocycles. The molecule has 2 atom stereocenters. The van der Waals surface area contributed by atoms with Crippen molar-refractivity contribution < 1.29 is 4.74 Å². The molecule has 0 aromatic heterocycles. The van der Waals surface area contributed by atoms with Crippen LogP contribution in [0.25, 0.3) is 0 Å². The summed E-state index contributed by atoms with van der Waals surface area (Å²) in [6.07, 6.45) is 6.91. The number of methoxy groups -OCH3 is 1. The fourth-order valence-electron chi connectivity index (χ4n) is 4.35. The highest BCUT2D eigenvalue weighted by atomic mass is 16.5. The van der Waals surface area contributed by atoms with Crippen LogP contribution in [0.2, 0.25) is 0 Å². The second-order valence-electron chi connectivity index (χ2n) is 7.97. The van der Waals surface area contributed by atoms with Crippen molar-refractivity contribution in [1.29, 1.82) is 0 Å². The lowest BCUT2D eigenvalue weighted by atomic mass is 9.77. The Morgan fingerprint density at radius 1 is 1.14 bits per heavy atom. The van der Waals surface area contributed by atoms with Crippen molar-refractivity contribution in [2.45, 2.75) is 77.4 Å². The molecular weight excluding hydrogens is 260 g/mol. The quantitative estimate of drug-likeness (QED) is 0.842. The molecule has 0 amide bonds. The first kappa shape index (κ1) is 17.2. The van der Waals surface area contributed by atoms with E-state index in [1.807, 2.05) is 7.11 Å². The van der Waals surface area contributed by atoms with Gasteiger partial charge >= 0.3 is 0 Å². The van der Waals surface area contributed by atoms with Gasteiger partial charge in [0.1, 0.15) is 0 Å². The lowest BCUT2D eigenvalue weighted by Crippen LogP contribution is -2.68. The van der Waals surface area contributed by atoms with Crippen LogP contribution < -0.4 is 5.32 Å². The fraction of sp³-hybridized carbons (Fsp3) is 1.00. The molecule has 2 unspecified atom stereocenters. The first-order valence-electron chi connectivity index (χ1n) is 8.99. The van der Waals surface area contributed by atoms with E-state index in [1.165, 1.54) is 38.6 Å². The van der Waals surface area contributed by atoms with E-state index in [1.54, 1.807) is 0 Å². The predicted octanol–water partition coefficient (Wildman–Crippen LogP) is 3.29. The van der Waals surface area contributed by atoms with Crippen molar-refractivity contribution in [3.05, 3.63) is 0 Å². The van der Waals surface area contributed by atoms with Crippen LogP contribution in [0.4, 0.5) is 0 Å². The van der Waals surface area contributed by atoms with Gasteiger partial charge in [-0.05, 0) is 24.7 Å². The molecule has 2 aliphatic rings. The summed E-state index contributed by atoms with van der Waals surface area (Å²) in [5, 5.41) is 3.95. The van der Waals surface area contributed by atoms with Gasteiger partial charge in [-0.3, -0.25) is 4.90 Å². The molecule has 1 spiro atoms. The van der Waals surface area contributed by atoms with E-state index in [4.69, 9.17) is 4.74 Å². The standard InChI is InChI=1S/C18H36N2O/c1-14(2)16-11-19-18(9-7-6-8-10-18)13-20(16)17(12-21-5)15(3)4/h14-17,19H,6-13H2,1-5H3. The van der Waals surface area contributed by atoms with Crippen LogP contribution in [0.5, 0.6) is 0 Å². The number of nitrogens with zero attached hydrogens (tertiary/aromatic N) is 1. The summed E-state index contributed by atoms with van der Waals surface area (Å²) in [7, 11) is 1.85. The van der Waals surface area contributed by atoms with Crippen molar-refractivity contribution >= 4 is 0 Å². The van der Waals surface area contributed by atoms with Crippen LogP contribution in [0.1, 0.15) is 59.8 Å². The smallest absolute Gasteiger partial charge is 0.0620 e. The van der Waals surface area contributed by atoms with E-state index in [0.717, 1.165) is 13.2 Å². The zero-order chi connectivity index (χ0) is 15.5. The second-order valence-corrected chi connectivity index (χ2v) is 7.97. The van der Waals surface area contributed by atoms with Gasteiger partial charge in [0.25, 0.3) is 0 Å². The Hall–Kier alpha value is -0.120. The Labute approximate surface area is 131 Å². The predicted molar refractivity (Wildman–Crippen MR) is 89.7 cm³/mol. The monoisotopic (exact) mass is 296 g/mol. The molecule has 1 heterocycles. The van der Waals surface area contributed by atoms with Crippen molar-refractivity contribution in [2.75, 3.05) is 26.8 Å². The molecule has 2 fully saturated rings. The largest absolute Gasteiger partial charge is 0.383 e. The zero-order valence-corrected chi connectivity index (χ0v) is 14.8. The van der Waals surface area contributed by atoms with E-state index in [9.17, 15) is 0 Å². The molecule has 21 heavy (non-hydrogen) atoms. The van der Waals surface area contributed by atoms with Crippen LogP contribution in [-0.2, 0) is 4.74 Å².